The average molecular weight is 88.2 g/mol. The van der Waals surface area contributed by atoms with Crippen LogP contribution in [-0.2, 0) is 0 Å². The lowest BCUT2D eigenvalue weighted by molar-refractivity contribution is 0.813. The van der Waals surface area contributed by atoms with E-state index in [1.54, 1.807) is 0 Å². The number of unbranched alkanes of at least 4 members (excludes halogenated alkanes) is 2. The molecule has 39 valence electrons. The summed E-state index contributed by atoms with van der Waals surface area (Å²) in [4.78, 5) is 0. The van der Waals surface area contributed by atoms with Crippen LogP contribution in [0.4, 0.5) is 0 Å². The van der Waals surface area contributed by atoms with Crippen LogP contribution in [0.5, 0.6) is 0 Å². The second-order valence-corrected chi connectivity index (χ2v) is 1.21. The van der Waals surface area contributed by atoms with E-state index in [-0.39, 0.29) is 6.15 Å². The fourth-order valence-electron chi connectivity index (χ4n) is 0.250. The van der Waals surface area contributed by atoms with Crippen molar-refractivity contribution in [3.63, 3.8) is 0 Å². The summed E-state index contributed by atoms with van der Waals surface area (Å²) in [5.74, 6) is 0. The summed E-state index contributed by atoms with van der Waals surface area (Å²) in [6.45, 7) is 5.85. The van der Waals surface area contributed by atoms with E-state index in [4.69, 9.17) is 0 Å². The van der Waals surface area contributed by atoms with E-state index in [0.717, 1.165) is 6.42 Å². The third kappa shape index (κ3) is 9.03. The van der Waals surface area contributed by atoms with Crippen molar-refractivity contribution in [1.29, 1.82) is 0 Å². The van der Waals surface area contributed by atoms with Gasteiger partial charge in [0.15, 0.2) is 0 Å². The first kappa shape index (κ1) is 9.35. The van der Waals surface area contributed by atoms with Crippen molar-refractivity contribution in [2.75, 3.05) is 0 Å². The maximum absolute atomic E-state index is 3.68. The van der Waals surface area contributed by atoms with Gasteiger partial charge < -0.3 is 6.15 Å². The molecule has 0 aliphatic carbocycles. The molecule has 0 heterocycles. The molecule has 0 atom stereocenters. The molecule has 0 aromatic rings. The highest BCUT2D eigenvalue weighted by Gasteiger charge is 1.68. The van der Waals surface area contributed by atoms with Crippen LogP contribution in [0.25, 0.3) is 0 Å². The van der Waals surface area contributed by atoms with Crippen molar-refractivity contribution >= 4 is 0 Å². The molecule has 0 bridgehead atoms. The van der Waals surface area contributed by atoms with Crippen molar-refractivity contribution in [1.82, 2.24) is 6.15 Å². The lowest BCUT2D eigenvalue weighted by Gasteiger charge is -1.79. The molecule has 0 fully saturated rings. The van der Waals surface area contributed by atoms with Crippen molar-refractivity contribution < 1.29 is 0 Å². The minimum absolute atomic E-state index is 0. The highest BCUT2D eigenvalue weighted by molar-refractivity contribution is 4.35. The summed E-state index contributed by atoms with van der Waals surface area (Å²) in [5, 5.41) is 0. The maximum Gasteiger partial charge on any atom is -0.0533 e. The molecule has 1 radical (unpaired) electrons. The molecular weight excluding hydrogens is 74.1 g/mol. The molecule has 0 unspecified atom stereocenters. The Balaban J connectivity index is 0. The first-order valence-electron chi connectivity index (χ1n) is 2.21. The van der Waals surface area contributed by atoms with Gasteiger partial charge in [0.2, 0.25) is 0 Å². The molecule has 0 aliphatic heterocycles. The Morgan fingerprint density at radius 3 is 2.00 bits per heavy atom. The zero-order valence-corrected chi connectivity index (χ0v) is 4.54. The molecule has 1 heteroatoms. The van der Waals surface area contributed by atoms with Gasteiger partial charge in [-0.05, 0) is 0 Å². The zero-order chi connectivity index (χ0) is 4.12. The van der Waals surface area contributed by atoms with E-state index in [9.17, 15) is 0 Å². The minimum atomic E-state index is 0. The van der Waals surface area contributed by atoms with Crippen LogP contribution in [0.15, 0.2) is 0 Å². The predicted molar refractivity (Wildman–Crippen MR) is 29.9 cm³/mol. The largest absolute Gasteiger partial charge is 0.344 e. The summed E-state index contributed by atoms with van der Waals surface area (Å²) in [6, 6.07) is 0. The van der Waals surface area contributed by atoms with Gasteiger partial charge in [-0.3, -0.25) is 0 Å². The van der Waals surface area contributed by atoms with Crippen LogP contribution >= 0.6 is 0 Å². The number of rotatable bonds is 2. The summed E-state index contributed by atoms with van der Waals surface area (Å²) in [5.41, 5.74) is 0. The van der Waals surface area contributed by atoms with E-state index in [2.05, 4.69) is 13.8 Å². The summed E-state index contributed by atoms with van der Waals surface area (Å²) >= 11 is 0. The molecule has 0 saturated carbocycles. The summed E-state index contributed by atoms with van der Waals surface area (Å²) in [7, 11) is 0. The fraction of sp³-hybridized carbons (Fsp3) is 0.800. The molecule has 1 nitrogen and oxygen atoms in total. The number of hydrogen-bond donors (Lipinski definition) is 1. The van der Waals surface area contributed by atoms with E-state index in [1.807, 2.05) is 0 Å². The van der Waals surface area contributed by atoms with Gasteiger partial charge in [-0.15, -0.1) is 0 Å². The van der Waals surface area contributed by atoms with Crippen molar-refractivity contribution in [2.24, 2.45) is 0 Å². The molecular formula is C5H14N. The lowest BCUT2D eigenvalue weighted by atomic mass is 10.3. The van der Waals surface area contributed by atoms with E-state index >= 15 is 0 Å². The maximum atomic E-state index is 3.68. The topological polar surface area (TPSA) is 35.0 Å². The van der Waals surface area contributed by atoms with Crippen LogP contribution < -0.4 is 6.15 Å². The van der Waals surface area contributed by atoms with Gasteiger partial charge >= 0.3 is 0 Å². The molecule has 0 aliphatic rings. The Hall–Kier alpha value is -0.0400. The second kappa shape index (κ2) is 8.88. The first-order valence-corrected chi connectivity index (χ1v) is 2.21. The van der Waals surface area contributed by atoms with Crippen molar-refractivity contribution in [2.45, 2.75) is 26.2 Å². The van der Waals surface area contributed by atoms with Crippen LogP contribution in [0.1, 0.15) is 26.2 Å². The molecule has 0 rings (SSSR count). The highest BCUT2D eigenvalue weighted by Crippen LogP contribution is 1.87. The monoisotopic (exact) mass is 88.1 g/mol. The highest BCUT2D eigenvalue weighted by atomic mass is 14.0. The molecule has 0 spiro atoms. The van der Waals surface area contributed by atoms with Crippen molar-refractivity contribution in [3.8, 4) is 0 Å². The van der Waals surface area contributed by atoms with Gasteiger partial charge in [-0.2, -0.15) is 0 Å². The Kier molecular flexibility index (Phi) is 13.8. The zero-order valence-electron chi connectivity index (χ0n) is 4.54. The van der Waals surface area contributed by atoms with Gasteiger partial charge in [-0.1, -0.05) is 33.1 Å². The SMILES string of the molecule is N.[CH2]CCCC. The third-order valence-electron chi connectivity index (χ3n) is 0.604. The molecule has 3 N–H and O–H groups in total. The van der Waals surface area contributed by atoms with E-state index < -0.39 is 0 Å². The Morgan fingerprint density at radius 1 is 1.50 bits per heavy atom. The third-order valence-corrected chi connectivity index (χ3v) is 0.604. The lowest BCUT2D eigenvalue weighted by Crippen LogP contribution is -1.59. The molecule has 0 aromatic carbocycles. The van der Waals surface area contributed by atoms with E-state index in [1.165, 1.54) is 12.8 Å². The van der Waals surface area contributed by atoms with E-state index in [0.29, 0.717) is 0 Å². The van der Waals surface area contributed by atoms with Crippen LogP contribution in [0.3, 0.4) is 0 Å². The van der Waals surface area contributed by atoms with Crippen molar-refractivity contribution in [3.05, 3.63) is 6.92 Å². The minimum Gasteiger partial charge on any atom is -0.344 e. The van der Waals surface area contributed by atoms with Crippen LogP contribution in [-0.4, -0.2) is 0 Å². The van der Waals surface area contributed by atoms with Crippen LogP contribution in [0, 0.1) is 6.92 Å². The Morgan fingerprint density at radius 2 is 2.00 bits per heavy atom. The van der Waals surface area contributed by atoms with Gasteiger partial charge in [0.25, 0.3) is 0 Å². The molecule has 0 aromatic heterocycles. The van der Waals surface area contributed by atoms with Crippen LogP contribution in [0.2, 0.25) is 0 Å². The smallest absolute Gasteiger partial charge is 0.0533 e. The predicted octanol–water partition coefficient (Wildman–Crippen LogP) is 2.17. The molecule has 6 heavy (non-hydrogen) atoms. The normalized spacial score (nSPS) is 7.00. The van der Waals surface area contributed by atoms with Gasteiger partial charge in [-0.25, -0.2) is 0 Å². The second-order valence-electron chi connectivity index (χ2n) is 1.21. The standard InChI is InChI=1S/C5H11.H3N/c1-3-5-4-2;/h1,3-5H2,2H3;1H3. The summed E-state index contributed by atoms with van der Waals surface area (Å²) < 4.78 is 0. The van der Waals surface area contributed by atoms with Gasteiger partial charge in [0.1, 0.15) is 0 Å². The average Bonchev–Trinajstić information content (AvgIpc) is 1.41. The van der Waals surface area contributed by atoms with Gasteiger partial charge in [0.05, 0.1) is 0 Å². The van der Waals surface area contributed by atoms with Gasteiger partial charge in [0, 0.05) is 0 Å². The molecule has 0 amide bonds. The fourth-order valence-corrected chi connectivity index (χ4v) is 0.250. The quantitative estimate of drug-likeness (QED) is 0.551. The Labute approximate surface area is 40.3 Å². The number of hydrogen-bond acceptors (Lipinski definition) is 1. The summed E-state index contributed by atoms with van der Waals surface area (Å²) in [6.07, 6.45) is 3.65. The Bertz CT molecular complexity index is 11.4. The molecule has 0 saturated heterocycles. The first-order chi connectivity index (χ1) is 2.41.